The maximum atomic E-state index is 13.9. The maximum absolute atomic E-state index is 13.9. The van der Waals surface area contributed by atoms with Crippen LogP contribution >= 0.6 is 0 Å². The minimum absolute atomic E-state index is 0.297. The molecule has 124 valence electrons. The number of nitrogens with zero attached hydrogens (tertiary/aromatic N) is 1. The van der Waals surface area contributed by atoms with Crippen molar-refractivity contribution in [2.45, 2.75) is 19.9 Å². The number of benzene rings is 1. The van der Waals surface area contributed by atoms with Crippen LogP contribution in [0.1, 0.15) is 24.2 Å². The predicted molar refractivity (Wildman–Crippen MR) is 80.9 cm³/mol. The first-order chi connectivity index (χ1) is 10.8. The van der Waals surface area contributed by atoms with Gasteiger partial charge in [0.15, 0.2) is 0 Å². The monoisotopic (exact) mass is 323 g/mol. The van der Waals surface area contributed by atoms with E-state index in [-0.39, 0.29) is 17.5 Å². The summed E-state index contributed by atoms with van der Waals surface area (Å²) in [5, 5.41) is 14.0. The van der Waals surface area contributed by atoms with Gasteiger partial charge < -0.3 is 15.7 Å². The molecule has 2 rings (SSSR count). The van der Waals surface area contributed by atoms with Crippen LogP contribution in [0.15, 0.2) is 18.2 Å². The largest absolute Gasteiger partial charge is 0.480 e. The molecule has 1 saturated heterocycles. The fraction of sp³-hybridized carbons (Fsp3) is 0.400. The smallest absolute Gasteiger partial charge is 0.326 e. The molecule has 1 aromatic carbocycles. The van der Waals surface area contributed by atoms with E-state index in [0.717, 1.165) is 6.07 Å². The molecule has 1 aromatic rings. The third-order valence-electron chi connectivity index (χ3n) is 3.58. The Labute approximate surface area is 132 Å². The molecule has 1 fully saturated rings. The summed E-state index contributed by atoms with van der Waals surface area (Å²) in [6, 6.07) is 2.28. The highest BCUT2D eigenvalue weighted by Gasteiger charge is 2.27. The molecule has 8 heteroatoms. The number of anilines is 1. The Hall–Kier alpha value is -2.64. The molecule has 0 spiro atoms. The normalized spacial score (nSPS) is 15.5. The Bertz CT molecular complexity index is 648. The molecule has 1 atom stereocenters. The van der Waals surface area contributed by atoms with Crippen LogP contribution in [0.5, 0.6) is 0 Å². The van der Waals surface area contributed by atoms with Gasteiger partial charge in [0.05, 0.1) is 5.56 Å². The zero-order chi connectivity index (χ0) is 17.1. The van der Waals surface area contributed by atoms with Gasteiger partial charge in [0.2, 0.25) is 0 Å². The summed E-state index contributed by atoms with van der Waals surface area (Å²) in [5.41, 5.74) is 0.0806. The Morgan fingerprint density at radius 1 is 1.39 bits per heavy atom. The molecule has 0 aliphatic carbocycles. The lowest BCUT2D eigenvalue weighted by Crippen LogP contribution is -2.44. The van der Waals surface area contributed by atoms with Crippen molar-refractivity contribution in [3.05, 3.63) is 29.6 Å². The van der Waals surface area contributed by atoms with E-state index in [2.05, 4.69) is 10.6 Å². The lowest BCUT2D eigenvalue weighted by Gasteiger charge is -2.19. The molecule has 1 aliphatic rings. The van der Waals surface area contributed by atoms with Crippen molar-refractivity contribution in [3.8, 4) is 0 Å². The van der Waals surface area contributed by atoms with E-state index >= 15 is 0 Å². The second-order valence-electron chi connectivity index (χ2n) is 5.58. The van der Waals surface area contributed by atoms with Gasteiger partial charge in [-0.3, -0.25) is 9.69 Å². The molecule has 3 amide bonds. The molecule has 7 nitrogen and oxygen atoms in total. The van der Waals surface area contributed by atoms with Crippen molar-refractivity contribution in [2.24, 2.45) is 5.92 Å². The molecular formula is C15H18FN3O4. The van der Waals surface area contributed by atoms with Crippen molar-refractivity contribution >= 4 is 23.6 Å². The third-order valence-corrected chi connectivity index (χ3v) is 3.58. The van der Waals surface area contributed by atoms with E-state index in [0.29, 0.717) is 18.8 Å². The van der Waals surface area contributed by atoms with Crippen LogP contribution in [0.3, 0.4) is 0 Å². The predicted octanol–water partition coefficient (Wildman–Crippen LogP) is 1.19. The van der Waals surface area contributed by atoms with Crippen LogP contribution in [0, 0.1) is 11.7 Å². The molecule has 0 aromatic heterocycles. The maximum Gasteiger partial charge on any atom is 0.326 e. The lowest BCUT2D eigenvalue weighted by molar-refractivity contribution is -0.140. The fourth-order valence-electron chi connectivity index (χ4n) is 2.31. The Kier molecular flexibility index (Phi) is 4.83. The van der Waals surface area contributed by atoms with Gasteiger partial charge >= 0.3 is 12.0 Å². The van der Waals surface area contributed by atoms with Crippen molar-refractivity contribution in [1.29, 1.82) is 0 Å². The number of halogens is 1. The summed E-state index contributed by atoms with van der Waals surface area (Å²) in [6.45, 7) is 4.16. The highest BCUT2D eigenvalue weighted by Crippen LogP contribution is 2.21. The molecule has 0 unspecified atom stereocenters. The van der Waals surface area contributed by atoms with Gasteiger partial charge in [-0.2, -0.15) is 0 Å². The summed E-state index contributed by atoms with van der Waals surface area (Å²) in [4.78, 5) is 36.4. The summed E-state index contributed by atoms with van der Waals surface area (Å²) in [6.07, 6.45) is 0. The van der Waals surface area contributed by atoms with E-state index < -0.39 is 23.7 Å². The number of nitrogens with one attached hydrogen (secondary N) is 2. The van der Waals surface area contributed by atoms with E-state index in [1.54, 1.807) is 13.8 Å². The van der Waals surface area contributed by atoms with Crippen molar-refractivity contribution in [3.63, 3.8) is 0 Å². The zero-order valence-electron chi connectivity index (χ0n) is 12.8. The molecule has 23 heavy (non-hydrogen) atoms. The zero-order valence-corrected chi connectivity index (χ0v) is 12.8. The summed E-state index contributed by atoms with van der Waals surface area (Å²) >= 11 is 0. The number of carbonyl (C=O) groups excluding carboxylic acids is 2. The van der Waals surface area contributed by atoms with Crippen LogP contribution < -0.4 is 15.5 Å². The van der Waals surface area contributed by atoms with Crippen LogP contribution in [0.25, 0.3) is 0 Å². The first kappa shape index (κ1) is 16.7. The number of rotatable bonds is 5. The lowest BCUT2D eigenvalue weighted by atomic mass is 10.0. The second kappa shape index (κ2) is 6.64. The van der Waals surface area contributed by atoms with E-state index in [9.17, 15) is 18.8 Å². The van der Waals surface area contributed by atoms with Gasteiger partial charge in [-0.1, -0.05) is 13.8 Å². The van der Waals surface area contributed by atoms with E-state index in [1.165, 1.54) is 17.0 Å². The number of carboxylic acid groups (broad SMARTS) is 1. The minimum atomic E-state index is -1.19. The van der Waals surface area contributed by atoms with Gasteiger partial charge in [0.1, 0.15) is 11.9 Å². The molecule has 0 saturated carbocycles. The van der Waals surface area contributed by atoms with Gasteiger partial charge in [-0.05, 0) is 24.1 Å². The third kappa shape index (κ3) is 3.58. The number of aliphatic carboxylic acids is 1. The fourth-order valence-corrected chi connectivity index (χ4v) is 2.31. The van der Waals surface area contributed by atoms with Crippen LogP contribution in [-0.2, 0) is 4.79 Å². The van der Waals surface area contributed by atoms with Gasteiger partial charge in [0, 0.05) is 18.8 Å². The number of hydrogen-bond acceptors (Lipinski definition) is 3. The van der Waals surface area contributed by atoms with E-state index in [4.69, 9.17) is 5.11 Å². The Balaban J connectivity index is 2.26. The Morgan fingerprint density at radius 2 is 2.09 bits per heavy atom. The number of amides is 3. The number of urea groups is 1. The second-order valence-corrected chi connectivity index (χ2v) is 5.58. The molecular weight excluding hydrogens is 305 g/mol. The number of carboxylic acids is 1. The minimum Gasteiger partial charge on any atom is -0.480 e. The molecule has 1 aliphatic heterocycles. The first-order valence-electron chi connectivity index (χ1n) is 7.20. The highest BCUT2D eigenvalue weighted by atomic mass is 19.1. The van der Waals surface area contributed by atoms with E-state index in [1.807, 2.05) is 0 Å². The average Bonchev–Trinajstić information content (AvgIpc) is 2.90. The molecule has 0 radical (unpaired) electrons. The van der Waals surface area contributed by atoms with Crippen molar-refractivity contribution < 1.29 is 23.9 Å². The van der Waals surface area contributed by atoms with Gasteiger partial charge in [-0.15, -0.1) is 0 Å². The summed E-state index contributed by atoms with van der Waals surface area (Å²) in [7, 11) is 0. The summed E-state index contributed by atoms with van der Waals surface area (Å²) < 4.78 is 13.9. The summed E-state index contributed by atoms with van der Waals surface area (Å²) in [5.74, 6) is -3.15. The standard InChI is InChI=1S/C15H18FN3O4/c1-8(2)12(14(21)22)18-13(20)10-7-9(3-4-11(10)16)19-6-5-17-15(19)23/h3-4,7-8,12H,5-6H2,1-2H3,(H,17,23)(H,18,20)(H,21,22)/t12-/m1/s1. The van der Waals surface area contributed by atoms with Crippen molar-refractivity contribution in [2.75, 3.05) is 18.0 Å². The van der Waals surface area contributed by atoms with Gasteiger partial charge in [0.25, 0.3) is 5.91 Å². The quantitative estimate of drug-likeness (QED) is 0.758. The van der Waals surface area contributed by atoms with Crippen LogP contribution in [0.4, 0.5) is 14.9 Å². The molecule has 1 heterocycles. The average molecular weight is 323 g/mol. The SMILES string of the molecule is CC(C)[C@@H](NC(=O)c1cc(N2CCNC2=O)ccc1F)C(=O)O. The number of carbonyl (C=O) groups is 3. The van der Waals surface area contributed by atoms with Crippen molar-refractivity contribution in [1.82, 2.24) is 10.6 Å². The van der Waals surface area contributed by atoms with Crippen LogP contribution in [0.2, 0.25) is 0 Å². The first-order valence-corrected chi connectivity index (χ1v) is 7.20. The van der Waals surface area contributed by atoms with Crippen LogP contribution in [-0.4, -0.2) is 42.1 Å². The molecule has 0 bridgehead atoms. The Morgan fingerprint density at radius 3 is 2.61 bits per heavy atom. The molecule has 3 N–H and O–H groups in total. The number of hydrogen-bond donors (Lipinski definition) is 3. The highest BCUT2D eigenvalue weighted by molar-refractivity contribution is 6.00. The van der Waals surface area contributed by atoms with Gasteiger partial charge in [-0.25, -0.2) is 14.0 Å². The topological polar surface area (TPSA) is 98.7 Å².